The molecule has 0 saturated heterocycles. The molecule has 0 spiro atoms. The summed E-state index contributed by atoms with van der Waals surface area (Å²) in [5.74, 6) is 0. The lowest BCUT2D eigenvalue weighted by Crippen LogP contribution is -1.99. The van der Waals surface area contributed by atoms with Gasteiger partial charge in [-0.3, -0.25) is 0 Å². The molecule has 0 bridgehead atoms. The monoisotopic (exact) mass is 231 g/mol. The molecule has 0 aliphatic heterocycles. The number of benzene rings is 2. The number of hydrogen-bond donors (Lipinski definition) is 4. The second-order valence-electron chi connectivity index (χ2n) is 3.55. The summed E-state index contributed by atoms with van der Waals surface area (Å²) in [6.07, 6.45) is 0. The first-order chi connectivity index (χ1) is 7.61. The van der Waals surface area contributed by atoms with Crippen molar-refractivity contribution in [3.63, 3.8) is 0 Å². The van der Waals surface area contributed by atoms with E-state index in [-0.39, 0.29) is 0 Å². The Bertz CT molecular complexity index is 518. The van der Waals surface area contributed by atoms with Gasteiger partial charge in [-0.15, -0.1) is 12.6 Å². The summed E-state index contributed by atoms with van der Waals surface area (Å²) in [5.41, 5.74) is 21.2. The quantitative estimate of drug-likeness (QED) is 0.449. The minimum atomic E-state index is 0.593. The number of para-hydroxylation sites is 1. The molecule has 0 unspecified atom stereocenters. The lowest BCUT2D eigenvalue weighted by atomic mass is 10.0. The zero-order valence-corrected chi connectivity index (χ0v) is 9.54. The van der Waals surface area contributed by atoms with Gasteiger partial charge in [0.15, 0.2) is 0 Å². The Morgan fingerprint density at radius 2 is 1.38 bits per heavy atom. The highest BCUT2D eigenvalue weighted by atomic mass is 32.1. The van der Waals surface area contributed by atoms with Gasteiger partial charge in [-0.25, -0.2) is 0 Å². The fourth-order valence-electron chi connectivity index (χ4n) is 1.67. The Labute approximate surface area is 99.7 Å². The molecule has 82 valence electrons. The molecule has 2 aromatic carbocycles. The Morgan fingerprint density at radius 3 is 2.00 bits per heavy atom. The van der Waals surface area contributed by atoms with E-state index in [2.05, 4.69) is 12.6 Å². The molecule has 0 aliphatic rings. The first-order valence-electron chi connectivity index (χ1n) is 4.83. The van der Waals surface area contributed by atoms with E-state index < -0.39 is 0 Å². The highest BCUT2D eigenvalue weighted by Gasteiger charge is 2.10. The first-order valence-corrected chi connectivity index (χ1v) is 5.27. The maximum absolute atomic E-state index is 5.96. The summed E-state index contributed by atoms with van der Waals surface area (Å²) < 4.78 is 0. The molecule has 0 aromatic heterocycles. The van der Waals surface area contributed by atoms with Gasteiger partial charge >= 0.3 is 0 Å². The van der Waals surface area contributed by atoms with Crippen molar-refractivity contribution in [3.8, 4) is 11.1 Å². The number of anilines is 3. The molecule has 0 saturated carbocycles. The van der Waals surface area contributed by atoms with Gasteiger partial charge < -0.3 is 17.2 Å². The van der Waals surface area contributed by atoms with Crippen molar-refractivity contribution in [2.75, 3.05) is 17.2 Å². The Hall–Kier alpha value is -1.81. The summed E-state index contributed by atoms with van der Waals surface area (Å²) in [6, 6.07) is 11.0. The first kappa shape index (κ1) is 10.7. The number of rotatable bonds is 1. The number of thiol groups is 1. The molecular weight excluding hydrogens is 218 g/mol. The van der Waals surface area contributed by atoms with Crippen LogP contribution in [-0.4, -0.2) is 0 Å². The van der Waals surface area contributed by atoms with Crippen LogP contribution < -0.4 is 17.2 Å². The van der Waals surface area contributed by atoms with E-state index in [4.69, 9.17) is 17.2 Å². The minimum Gasteiger partial charge on any atom is -0.398 e. The molecular formula is C12H13N3S. The summed E-state index contributed by atoms with van der Waals surface area (Å²) >= 11 is 4.28. The summed E-state index contributed by atoms with van der Waals surface area (Å²) in [7, 11) is 0. The number of nitrogen functional groups attached to an aromatic ring is 3. The third-order valence-electron chi connectivity index (χ3n) is 2.48. The van der Waals surface area contributed by atoms with Crippen molar-refractivity contribution in [2.24, 2.45) is 0 Å². The maximum Gasteiger partial charge on any atom is 0.0530 e. The fourth-order valence-corrected chi connectivity index (χ4v) is 1.88. The van der Waals surface area contributed by atoms with Gasteiger partial charge in [0, 0.05) is 27.4 Å². The van der Waals surface area contributed by atoms with Crippen molar-refractivity contribution >= 4 is 29.7 Å². The number of nitrogens with two attached hydrogens (primary N) is 3. The van der Waals surface area contributed by atoms with Crippen molar-refractivity contribution < 1.29 is 0 Å². The molecule has 2 rings (SSSR count). The lowest BCUT2D eigenvalue weighted by Gasteiger charge is -2.12. The molecule has 0 radical (unpaired) electrons. The van der Waals surface area contributed by atoms with E-state index in [1.54, 1.807) is 12.1 Å². The van der Waals surface area contributed by atoms with Crippen LogP contribution in [0.25, 0.3) is 11.1 Å². The summed E-state index contributed by atoms with van der Waals surface area (Å²) in [5, 5.41) is 0. The second-order valence-corrected chi connectivity index (χ2v) is 4.03. The highest BCUT2D eigenvalue weighted by Crippen LogP contribution is 2.37. The van der Waals surface area contributed by atoms with Gasteiger partial charge in [-0.1, -0.05) is 18.2 Å². The smallest absolute Gasteiger partial charge is 0.0530 e. The average Bonchev–Trinajstić information content (AvgIpc) is 2.24. The van der Waals surface area contributed by atoms with Crippen molar-refractivity contribution in [1.29, 1.82) is 0 Å². The molecule has 16 heavy (non-hydrogen) atoms. The predicted molar refractivity (Wildman–Crippen MR) is 72.4 cm³/mol. The van der Waals surface area contributed by atoms with Gasteiger partial charge in [0.25, 0.3) is 0 Å². The summed E-state index contributed by atoms with van der Waals surface area (Å²) in [6.45, 7) is 0. The van der Waals surface area contributed by atoms with Crippen LogP contribution in [0.5, 0.6) is 0 Å². The molecule has 2 aromatic rings. The molecule has 0 heterocycles. The Morgan fingerprint density at radius 1 is 0.812 bits per heavy atom. The third kappa shape index (κ3) is 1.67. The van der Waals surface area contributed by atoms with E-state index >= 15 is 0 Å². The van der Waals surface area contributed by atoms with E-state index in [0.717, 1.165) is 16.0 Å². The zero-order chi connectivity index (χ0) is 11.7. The average molecular weight is 231 g/mol. The van der Waals surface area contributed by atoms with Crippen LogP contribution in [0.1, 0.15) is 0 Å². The van der Waals surface area contributed by atoms with Crippen LogP contribution in [0.2, 0.25) is 0 Å². The van der Waals surface area contributed by atoms with Crippen LogP contribution in [-0.2, 0) is 0 Å². The second kappa shape index (κ2) is 3.98. The van der Waals surface area contributed by atoms with Crippen LogP contribution >= 0.6 is 12.6 Å². The van der Waals surface area contributed by atoms with E-state index in [1.165, 1.54) is 0 Å². The molecule has 3 nitrogen and oxygen atoms in total. The van der Waals surface area contributed by atoms with Gasteiger partial charge in [0.2, 0.25) is 0 Å². The van der Waals surface area contributed by atoms with Crippen LogP contribution in [0, 0.1) is 0 Å². The normalized spacial score (nSPS) is 10.3. The fraction of sp³-hybridized carbons (Fsp3) is 0. The molecule has 4 heteroatoms. The predicted octanol–water partition coefficient (Wildman–Crippen LogP) is 2.39. The highest BCUT2D eigenvalue weighted by molar-refractivity contribution is 7.80. The molecule has 0 aliphatic carbocycles. The lowest BCUT2D eigenvalue weighted by molar-refractivity contribution is 1.46. The van der Waals surface area contributed by atoms with Crippen molar-refractivity contribution in [1.82, 2.24) is 0 Å². The molecule has 0 amide bonds. The third-order valence-corrected chi connectivity index (χ3v) is 2.87. The van der Waals surface area contributed by atoms with Gasteiger partial charge in [-0.05, 0) is 18.2 Å². The van der Waals surface area contributed by atoms with Gasteiger partial charge in [0.1, 0.15) is 0 Å². The van der Waals surface area contributed by atoms with Crippen molar-refractivity contribution in [3.05, 3.63) is 36.4 Å². The van der Waals surface area contributed by atoms with Crippen LogP contribution in [0.15, 0.2) is 41.3 Å². The Kier molecular flexibility index (Phi) is 2.66. The standard InChI is InChI=1S/C12H13N3S/c13-8-4-2-5-9(14)11(8)7-3-1-6-10(16)12(7)15/h1-6,16H,13-15H2. The molecule has 0 fully saturated rings. The SMILES string of the molecule is Nc1cccc(N)c1-c1cccc(S)c1N. The van der Waals surface area contributed by atoms with E-state index in [0.29, 0.717) is 17.1 Å². The largest absolute Gasteiger partial charge is 0.398 e. The van der Waals surface area contributed by atoms with Crippen molar-refractivity contribution in [2.45, 2.75) is 4.90 Å². The topological polar surface area (TPSA) is 78.1 Å². The zero-order valence-electron chi connectivity index (χ0n) is 8.64. The molecule has 6 N–H and O–H groups in total. The summed E-state index contributed by atoms with van der Waals surface area (Å²) in [4.78, 5) is 0.722. The molecule has 0 atom stereocenters. The van der Waals surface area contributed by atoms with Crippen LogP contribution in [0.3, 0.4) is 0 Å². The van der Waals surface area contributed by atoms with E-state index in [9.17, 15) is 0 Å². The minimum absolute atomic E-state index is 0.593. The van der Waals surface area contributed by atoms with Crippen LogP contribution in [0.4, 0.5) is 17.1 Å². The van der Waals surface area contributed by atoms with Gasteiger partial charge in [-0.2, -0.15) is 0 Å². The number of hydrogen-bond acceptors (Lipinski definition) is 4. The van der Waals surface area contributed by atoms with Gasteiger partial charge in [0.05, 0.1) is 5.69 Å². The maximum atomic E-state index is 5.96. The Balaban J connectivity index is 2.73. The van der Waals surface area contributed by atoms with E-state index in [1.807, 2.05) is 24.3 Å².